The molecule has 0 aromatic heterocycles. The van der Waals surface area contributed by atoms with Gasteiger partial charge >= 0.3 is 11.5 Å². The summed E-state index contributed by atoms with van der Waals surface area (Å²) in [5, 5.41) is 19.8. The molecule has 0 heterocycles. The Bertz CT molecular complexity index is 200. The van der Waals surface area contributed by atoms with Gasteiger partial charge in [-0.05, 0) is 11.8 Å². The van der Waals surface area contributed by atoms with E-state index in [-0.39, 0.29) is 30.6 Å². The Morgan fingerprint density at radius 1 is 1.47 bits per heavy atom. The van der Waals surface area contributed by atoms with Crippen molar-refractivity contribution < 1.29 is 28.2 Å². The van der Waals surface area contributed by atoms with Crippen LogP contribution in [0.15, 0.2) is 0 Å². The van der Waals surface area contributed by atoms with Gasteiger partial charge in [0, 0.05) is 18.8 Å². The largest absolute Gasteiger partial charge is 0.481 e. The second-order valence-electron chi connectivity index (χ2n) is 2.75. The monoisotopic (exact) mass is 247 g/mol. The van der Waals surface area contributed by atoms with Crippen LogP contribution >= 0.6 is 11.8 Å². The normalized spacial score (nSPS) is 13.9. The number of aliphatic hydroxyl groups excluding tert-OH is 1. The van der Waals surface area contributed by atoms with Gasteiger partial charge in [0.05, 0.1) is 12.5 Å². The summed E-state index contributed by atoms with van der Waals surface area (Å²) < 4.78 is 34.9. The summed E-state index contributed by atoms with van der Waals surface area (Å²) in [6.45, 7) is 0.0472. The number of alkyl halides is 3. The number of aliphatic hydroxyl groups is 1. The van der Waals surface area contributed by atoms with E-state index in [1.165, 1.54) is 0 Å². The molecule has 0 saturated carbocycles. The van der Waals surface area contributed by atoms with Crippen LogP contribution in [0.3, 0.4) is 0 Å². The minimum atomic E-state index is -4.25. The Hall–Kier alpha value is -0.470. The zero-order chi connectivity index (χ0) is 11.9. The Balaban J connectivity index is 3.35. The lowest BCUT2D eigenvalue weighted by Gasteiger charge is -2.09. The highest BCUT2D eigenvalue weighted by atomic mass is 32.2. The van der Waals surface area contributed by atoms with Gasteiger partial charge in [0.2, 0.25) is 0 Å². The topological polar surface area (TPSA) is 69.6 Å². The van der Waals surface area contributed by atoms with Gasteiger partial charge in [0.15, 0.2) is 0 Å². The van der Waals surface area contributed by atoms with E-state index in [0.29, 0.717) is 0 Å². The van der Waals surface area contributed by atoms with Crippen LogP contribution in [0, 0.1) is 0 Å². The quantitative estimate of drug-likeness (QED) is 0.577. The first-order valence-corrected chi connectivity index (χ1v) is 5.11. The van der Waals surface area contributed by atoms with Crippen molar-refractivity contribution in [2.75, 3.05) is 18.8 Å². The minimum Gasteiger partial charge on any atom is -0.481 e. The average molecular weight is 247 g/mol. The molecule has 0 bridgehead atoms. The van der Waals surface area contributed by atoms with Crippen molar-refractivity contribution in [2.45, 2.75) is 18.0 Å². The fourth-order valence-corrected chi connectivity index (χ4v) is 1.26. The highest BCUT2D eigenvalue weighted by Gasteiger charge is 2.27. The number of carboxylic acids is 1. The van der Waals surface area contributed by atoms with Gasteiger partial charge in [-0.1, -0.05) is 0 Å². The predicted octanol–water partition coefficient (Wildman–Crippen LogP) is 0.665. The van der Waals surface area contributed by atoms with Crippen molar-refractivity contribution in [3.63, 3.8) is 0 Å². The molecular weight excluding hydrogens is 235 g/mol. The molecule has 0 aromatic carbocycles. The van der Waals surface area contributed by atoms with E-state index in [1.54, 1.807) is 0 Å². The van der Waals surface area contributed by atoms with Gasteiger partial charge in [-0.15, -0.1) is 0 Å². The van der Waals surface area contributed by atoms with E-state index < -0.39 is 24.0 Å². The van der Waals surface area contributed by atoms with Crippen molar-refractivity contribution in [3.05, 3.63) is 0 Å². The third-order valence-electron chi connectivity index (χ3n) is 1.33. The molecule has 1 unspecified atom stereocenters. The SMILES string of the molecule is O=C(O)CC(O)CNCCSC(F)(F)F. The average Bonchev–Trinajstić information content (AvgIpc) is 1.99. The fourth-order valence-electron chi connectivity index (χ4n) is 0.781. The molecule has 0 saturated heterocycles. The van der Waals surface area contributed by atoms with Crippen molar-refractivity contribution in [2.24, 2.45) is 0 Å². The van der Waals surface area contributed by atoms with Gasteiger partial charge in [0.25, 0.3) is 0 Å². The second-order valence-corrected chi connectivity index (χ2v) is 3.91. The number of hydrogen-bond acceptors (Lipinski definition) is 4. The molecule has 3 N–H and O–H groups in total. The molecule has 0 aliphatic carbocycles. The maximum absolute atomic E-state index is 11.6. The summed E-state index contributed by atoms with van der Waals surface area (Å²) in [7, 11) is 0. The Morgan fingerprint density at radius 3 is 2.53 bits per heavy atom. The Labute approximate surface area is 88.8 Å². The number of rotatable bonds is 7. The van der Waals surface area contributed by atoms with E-state index in [4.69, 9.17) is 10.2 Å². The molecule has 4 nitrogen and oxygen atoms in total. The summed E-state index contributed by atoms with van der Waals surface area (Å²) in [6.07, 6.45) is -1.49. The molecule has 0 rings (SSSR count). The first kappa shape index (κ1) is 14.5. The summed E-state index contributed by atoms with van der Waals surface area (Å²) >= 11 is -0.161. The van der Waals surface area contributed by atoms with Gasteiger partial charge in [-0.2, -0.15) is 13.2 Å². The highest BCUT2D eigenvalue weighted by molar-refractivity contribution is 8.00. The van der Waals surface area contributed by atoms with Gasteiger partial charge < -0.3 is 15.5 Å². The second kappa shape index (κ2) is 6.91. The van der Waals surface area contributed by atoms with Gasteiger partial charge in [-0.3, -0.25) is 4.79 Å². The highest BCUT2D eigenvalue weighted by Crippen LogP contribution is 2.29. The zero-order valence-electron chi connectivity index (χ0n) is 7.75. The molecule has 0 aliphatic heterocycles. The lowest BCUT2D eigenvalue weighted by atomic mass is 10.2. The van der Waals surface area contributed by atoms with Gasteiger partial charge in [0.1, 0.15) is 0 Å². The van der Waals surface area contributed by atoms with Crippen LogP contribution in [-0.4, -0.2) is 46.6 Å². The Kier molecular flexibility index (Phi) is 6.70. The van der Waals surface area contributed by atoms with Crippen molar-refractivity contribution >= 4 is 17.7 Å². The molecule has 0 aliphatic rings. The molecule has 90 valence electrons. The first-order chi connectivity index (χ1) is 6.81. The summed E-state index contributed by atoms with van der Waals surface area (Å²) in [4.78, 5) is 10.1. The molecule has 1 atom stereocenters. The lowest BCUT2D eigenvalue weighted by molar-refractivity contribution is -0.139. The number of carbonyl (C=O) groups is 1. The van der Waals surface area contributed by atoms with Crippen LogP contribution in [0.5, 0.6) is 0 Å². The van der Waals surface area contributed by atoms with Crippen LogP contribution in [0.2, 0.25) is 0 Å². The van der Waals surface area contributed by atoms with Crippen LogP contribution in [0.4, 0.5) is 13.2 Å². The third-order valence-corrected chi connectivity index (χ3v) is 2.07. The van der Waals surface area contributed by atoms with E-state index in [2.05, 4.69) is 5.32 Å². The molecular formula is C7H12F3NO3S. The maximum Gasteiger partial charge on any atom is 0.441 e. The molecule has 0 amide bonds. The fraction of sp³-hybridized carbons (Fsp3) is 0.857. The van der Waals surface area contributed by atoms with Crippen molar-refractivity contribution in [1.82, 2.24) is 5.32 Å². The first-order valence-electron chi connectivity index (χ1n) is 4.12. The predicted molar refractivity (Wildman–Crippen MR) is 49.6 cm³/mol. The number of hydrogen-bond donors (Lipinski definition) is 3. The maximum atomic E-state index is 11.6. The number of carboxylic acid groups (broad SMARTS) is 1. The molecule has 0 spiro atoms. The smallest absolute Gasteiger partial charge is 0.441 e. The summed E-state index contributed by atoms with van der Waals surface area (Å²) in [6, 6.07) is 0. The summed E-state index contributed by atoms with van der Waals surface area (Å²) in [5.74, 6) is -1.31. The Morgan fingerprint density at radius 2 is 2.07 bits per heavy atom. The van der Waals surface area contributed by atoms with Crippen LogP contribution in [0.25, 0.3) is 0 Å². The van der Waals surface area contributed by atoms with Crippen LogP contribution in [-0.2, 0) is 4.79 Å². The number of halogens is 3. The third kappa shape index (κ3) is 11.5. The van der Waals surface area contributed by atoms with Gasteiger partial charge in [-0.25, -0.2) is 0 Å². The molecule has 15 heavy (non-hydrogen) atoms. The van der Waals surface area contributed by atoms with Crippen molar-refractivity contribution in [1.29, 1.82) is 0 Å². The number of nitrogens with one attached hydrogen (secondary N) is 1. The van der Waals surface area contributed by atoms with Crippen LogP contribution in [0.1, 0.15) is 6.42 Å². The lowest BCUT2D eigenvalue weighted by Crippen LogP contribution is -2.30. The van der Waals surface area contributed by atoms with E-state index >= 15 is 0 Å². The molecule has 0 fully saturated rings. The van der Waals surface area contributed by atoms with E-state index in [1.807, 2.05) is 0 Å². The number of aliphatic carboxylic acids is 1. The standard InChI is InChI=1S/C7H12F3NO3S/c8-7(9,10)15-2-1-11-4-5(12)3-6(13)14/h5,11-12H,1-4H2,(H,13,14). The zero-order valence-corrected chi connectivity index (χ0v) is 8.57. The summed E-state index contributed by atoms with van der Waals surface area (Å²) in [5.41, 5.74) is -4.25. The molecule has 0 radical (unpaired) electrons. The molecule has 8 heteroatoms. The minimum absolute atomic E-state index is 0.0231. The van der Waals surface area contributed by atoms with Crippen LogP contribution < -0.4 is 5.32 Å². The number of thioether (sulfide) groups is 1. The van der Waals surface area contributed by atoms with E-state index in [9.17, 15) is 18.0 Å². The van der Waals surface area contributed by atoms with Crippen molar-refractivity contribution in [3.8, 4) is 0 Å². The van der Waals surface area contributed by atoms with E-state index in [0.717, 1.165) is 0 Å². The molecule has 0 aromatic rings.